The number of methoxy groups -OCH3 is 1. The van der Waals surface area contributed by atoms with Gasteiger partial charge in [0.25, 0.3) is 0 Å². The number of fused-ring (bicyclic) bond motifs is 1. The van der Waals surface area contributed by atoms with E-state index in [4.69, 9.17) is 24.2 Å². The van der Waals surface area contributed by atoms with Crippen molar-refractivity contribution in [3.63, 3.8) is 0 Å². The lowest BCUT2D eigenvalue weighted by atomic mass is 10.1. The fraction of sp³-hybridized carbons (Fsp3) is 0.238. The summed E-state index contributed by atoms with van der Waals surface area (Å²) in [5, 5.41) is 8.61. The first-order valence-electron chi connectivity index (χ1n) is 8.51. The molecule has 0 amide bonds. The van der Waals surface area contributed by atoms with Crippen molar-refractivity contribution in [2.75, 3.05) is 26.9 Å². The van der Waals surface area contributed by atoms with Gasteiger partial charge < -0.3 is 18.9 Å². The first-order chi connectivity index (χ1) is 13.2. The zero-order valence-corrected chi connectivity index (χ0v) is 14.9. The van der Waals surface area contributed by atoms with Crippen molar-refractivity contribution in [2.24, 2.45) is 0 Å². The Morgan fingerprint density at radius 3 is 2.74 bits per heavy atom. The minimum absolute atomic E-state index is 0.0614. The summed E-state index contributed by atoms with van der Waals surface area (Å²) in [4.78, 5) is 12.5. The summed E-state index contributed by atoms with van der Waals surface area (Å²) >= 11 is 0. The molecule has 0 aromatic heterocycles. The molecule has 27 heavy (non-hydrogen) atoms. The molecule has 2 aromatic rings. The average Bonchev–Trinajstić information content (AvgIpc) is 2.95. The lowest BCUT2D eigenvalue weighted by molar-refractivity contribution is 0.104. The second-order valence-corrected chi connectivity index (χ2v) is 5.77. The van der Waals surface area contributed by atoms with Gasteiger partial charge in [0.2, 0.25) is 0 Å². The van der Waals surface area contributed by atoms with Crippen LogP contribution < -0.4 is 18.9 Å². The number of nitrogens with zero attached hydrogens (tertiary/aromatic N) is 1. The summed E-state index contributed by atoms with van der Waals surface area (Å²) in [6, 6.07) is 12.3. The summed E-state index contributed by atoms with van der Waals surface area (Å²) in [6.45, 7) is 1.12. The van der Waals surface area contributed by atoms with Crippen LogP contribution in [0.1, 0.15) is 22.3 Å². The molecular weight excluding hydrogens is 346 g/mol. The van der Waals surface area contributed by atoms with Crippen LogP contribution in [0.5, 0.6) is 23.0 Å². The van der Waals surface area contributed by atoms with Crippen LogP contribution in [-0.2, 0) is 0 Å². The normalized spacial score (nSPS) is 12.9. The second-order valence-electron chi connectivity index (χ2n) is 5.77. The highest BCUT2D eigenvalue weighted by Crippen LogP contribution is 2.31. The number of allylic oxidation sites excluding steroid dienone is 1. The maximum absolute atomic E-state index is 12.5. The van der Waals surface area contributed by atoms with Gasteiger partial charge in [-0.05, 0) is 42.0 Å². The van der Waals surface area contributed by atoms with Crippen LogP contribution in [0.25, 0.3) is 6.08 Å². The molecule has 0 unspecified atom stereocenters. The quantitative estimate of drug-likeness (QED) is 0.574. The first-order valence-corrected chi connectivity index (χ1v) is 8.51. The molecule has 1 heterocycles. The Labute approximate surface area is 157 Å². The molecule has 138 valence electrons. The monoisotopic (exact) mass is 365 g/mol. The summed E-state index contributed by atoms with van der Waals surface area (Å²) in [5.41, 5.74) is 1.30. The average molecular weight is 365 g/mol. The largest absolute Gasteiger partial charge is 0.493 e. The van der Waals surface area contributed by atoms with E-state index < -0.39 is 0 Å². The smallest absolute Gasteiger partial charge is 0.185 e. The van der Waals surface area contributed by atoms with Crippen molar-refractivity contribution in [2.45, 2.75) is 6.42 Å². The highest BCUT2D eigenvalue weighted by Gasteiger charge is 2.13. The predicted octanol–water partition coefficient (Wildman–Crippen LogP) is 3.65. The summed E-state index contributed by atoms with van der Waals surface area (Å²) < 4.78 is 21.8. The lowest BCUT2D eigenvalue weighted by Gasteiger charge is -2.09. The number of hydrogen-bond acceptors (Lipinski definition) is 6. The number of carbonyl (C=O) groups excluding carboxylic acids is 1. The van der Waals surface area contributed by atoms with Crippen LogP contribution in [0, 0.1) is 11.3 Å². The van der Waals surface area contributed by atoms with E-state index in [0.29, 0.717) is 41.8 Å². The van der Waals surface area contributed by atoms with E-state index in [-0.39, 0.29) is 12.4 Å². The lowest BCUT2D eigenvalue weighted by Crippen LogP contribution is -1.98. The van der Waals surface area contributed by atoms with Crippen molar-refractivity contribution in [3.8, 4) is 29.1 Å². The Kier molecular flexibility index (Phi) is 5.95. The van der Waals surface area contributed by atoms with E-state index >= 15 is 0 Å². The maximum Gasteiger partial charge on any atom is 0.185 e. The number of benzene rings is 2. The van der Waals surface area contributed by atoms with Gasteiger partial charge in [-0.25, -0.2) is 0 Å². The summed E-state index contributed by atoms with van der Waals surface area (Å²) in [5.74, 6) is 2.08. The summed E-state index contributed by atoms with van der Waals surface area (Å²) in [7, 11) is 1.52. The highest BCUT2D eigenvalue weighted by molar-refractivity contribution is 6.07. The Bertz CT molecular complexity index is 898. The van der Waals surface area contributed by atoms with Crippen LogP contribution in [-0.4, -0.2) is 32.7 Å². The topological polar surface area (TPSA) is 77.8 Å². The van der Waals surface area contributed by atoms with Gasteiger partial charge in [0.15, 0.2) is 35.4 Å². The van der Waals surface area contributed by atoms with Crippen molar-refractivity contribution in [1.82, 2.24) is 0 Å². The second kappa shape index (κ2) is 8.77. The van der Waals surface area contributed by atoms with Crippen molar-refractivity contribution in [3.05, 3.63) is 53.6 Å². The molecule has 3 rings (SSSR count). The van der Waals surface area contributed by atoms with Gasteiger partial charge in [0.05, 0.1) is 20.3 Å². The van der Waals surface area contributed by atoms with E-state index in [2.05, 4.69) is 0 Å². The molecule has 0 saturated heterocycles. The molecule has 0 atom stereocenters. The maximum atomic E-state index is 12.5. The van der Waals surface area contributed by atoms with Crippen LogP contribution in [0.4, 0.5) is 0 Å². The molecule has 0 aliphatic carbocycles. The SMILES string of the molecule is COc1cc(/C=C/C(=O)c2ccc3c(c2)OCCCO3)ccc1OCC#N. The number of nitriles is 1. The van der Waals surface area contributed by atoms with Crippen molar-refractivity contribution >= 4 is 11.9 Å². The fourth-order valence-corrected chi connectivity index (χ4v) is 2.60. The van der Waals surface area contributed by atoms with Gasteiger partial charge in [-0.2, -0.15) is 5.26 Å². The number of hydrogen-bond donors (Lipinski definition) is 0. The van der Waals surface area contributed by atoms with E-state index in [1.165, 1.54) is 13.2 Å². The van der Waals surface area contributed by atoms with E-state index in [9.17, 15) is 4.79 Å². The molecule has 0 bridgehead atoms. The van der Waals surface area contributed by atoms with Crippen LogP contribution in [0.15, 0.2) is 42.5 Å². The Morgan fingerprint density at radius 1 is 1.15 bits per heavy atom. The van der Waals surface area contributed by atoms with Gasteiger partial charge in [-0.3, -0.25) is 4.79 Å². The van der Waals surface area contributed by atoms with Gasteiger partial charge >= 0.3 is 0 Å². The standard InChI is InChI=1S/C21H19NO5/c1-24-20-13-15(4-7-18(20)27-12-9-22)3-6-17(23)16-5-8-19-21(14-16)26-11-2-10-25-19/h3-8,13-14H,2,10-12H2,1H3/b6-3+. The van der Waals surface area contributed by atoms with Crippen LogP contribution >= 0.6 is 0 Å². The van der Waals surface area contributed by atoms with E-state index in [1.807, 2.05) is 6.07 Å². The zero-order chi connectivity index (χ0) is 19.1. The first kappa shape index (κ1) is 18.3. The highest BCUT2D eigenvalue weighted by atomic mass is 16.5. The Balaban J connectivity index is 1.75. The molecular formula is C21H19NO5. The zero-order valence-electron chi connectivity index (χ0n) is 14.9. The third-order valence-electron chi connectivity index (χ3n) is 3.94. The number of ether oxygens (including phenoxy) is 4. The molecule has 6 heteroatoms. The molecule has 2 aromatic carbocycles. The molecule has 1 aliphatic heterocycles. The van der Waals surface area contributed by atoms with E-state index in [1.54, 1.807) is 42.5 Å². The predicted molar refractivity (Wildman–Crippen MR) is 99.5 cm³/mol. The number of carbonyl (C=O) groups is 1. The summed E-state index contributed by atoms with van der Waals surface area (Å²) in [6.07, 6.45) is 4.00. The molecule has 0 N–H and O–H groups in total. The molecule has 0 saturated carbocycles. The molecule has 6 nitrogen and oxygen atoms in total. The van der Waals surface area contributed by atoms with Crippen molar-refractivity contribution < 1.29 is 23.7 Å². The van der Waals surface area contributed by atoms with Crippen LogP contribution in [0.2, 0.25) is 0 Å². The Morgan fingerprint density at radius 2 is 1.96 bits per heavy atom. The number of ketones is 1. The van der Waals surface area contributed by atoms with Gasteiger partial charge in [-0.1, -0.05) is 12.1 Å². The minimum atomic E-state index is -0.144. The molecule has 0 radical (unpaired) electrons. The molecule has 1 aliphatic rings. The molecule has 0 fully saturated rings. The number of rotatable bonds is 6. The van der Waals surface area contributed by atoms with Gasteiger partial charge in [-0.15, -0.1) is 0 Å². The molecule has 0 spiro atoms. The van der Waals surface area contributed by atoms with Crippen LogP contribution in [0.3, 0.4) is 0 Å². The van der Waals surface area contributed by atoms with Gasteiger partial charge in [0, 0.05) is 12.0 Å². The van der Waals surface area contributed by atoms with Gasteiger partial charge in [0.1, 0.15) is 6.07 Å². The minimum Gasteiger partial charge on any atom is -0.493 e. The third kappa shape index (κ3) is 4.59. The third-order valence-corrected chi connectivity index (χ3v) is 3.94. The van der Waals surface area contributed by atoms with E-state index in [0.717, 1.165) is 12.0 Å². The Hall–Kier alpha value is -3.46. The van der Waals surface area contributed by atoms with Crippen molar-refractivity contribution in [1.29, 1.82) is 5.26 Å². The fourth-order valence-electron chi connectivity index (χ4n) is 2.60.